The number of hydrogen-bond acceptors (Lipinski definition) is 4. The third kappa shape index (κ3) is 5.35. The summed E-state index contributed by atoms with van der Waals surface area (Å²) < 4.78 is 10.7. The first-order valence-corrected chi connectivity index (χ1v) is 8.55. The van der Waals surface area contributed by atoms with Gasteiger partial charge in [0, 0.05) is 20.2 Å². The van der Waals surface area contributed by atoms with Crippen LogP contribution in [0, 0.1) is 5.92 Å². The fourth-order valence-corrected chi connectivity index (χ4v) is 2.92. The van der Waals surface area contributed by atoms with Crippen molar-refractivity contribution in [2.45, 2.75) is 25.8 Å². The number of carboxylic acids is 1. The second kappa shape index (κ2) is 9.27. The maximum Gasteiger partial charge on any atom is 0.317 e. The molecule has 7 heteroatoms. The van der Waals surface area contributed by atoms with Crippen LogP contribution in [-0.4, -0.2) is 55.4 Å². The summed E-state index contributed by atoms with van der Waals surface area (Å²) in [6.07, 6.45) is 0.974. The summed E-state index contributed by atoms with van der Waals surface area (Å²) in [5, 5.41) is 12.0. The lowest BCUT2D eigenvalue weighted by Gasteiger charge is -2.31. The maximum atomic E-state index is 12.5. The van der Waals surface area contributed by atoms with Gasteiger partial charge in [-0.05, 0) is 37.5 Å². The van der Waals surface area contributed by atoms with Gasteiger partial charge in [-0.3, -0.25) is 4.79 Å². The summed E-state index contributed by atoms with van der Waals surface area (Å²) in [4.78, 5) is 25.2. The van der Waals surface area contributed by atoms with Crippen LogP contribution in [0.4, 0.5) is 4.79 Å². The highest BCUT2D eigenvalue weighted by Crippen LogP contribution is 2.21. The van der Waals surface area contributed by atoms with Gasteiger partial charge in [0.1, 0.15) is 5.75 Å². The fraction of sp³-hybridized carbons (Fsp3) is 0.556. The van der Waals surface area contributed by atoms with E-state index in [2.05, 4.69) is 5.32 Å². The number of rotatable bonds is 7. The van der Waals surface area contributed by atoms with E-state index < -0.39 is 5.97 Å². The number of carboxylic acid groups (broad SMARTS) is 1. The van der Waals surface area contributed by atoms with Crippen LogP contribution in [-0.2, 0) is 9.53 Å². The first kappa shape index (κ1) is 19.1. The Kier molecular flexibility index (Phi) is 7.06. The van der Waals surface area contributed by atoms with Crippen molar-refractivity contribution in [1.29, 1.82) is 0 Å². The van der Waals surface area contributed by atoms with Crippen LogP contribution in [0.3, 0.4) is 0 Å². The molecule has 1 unspecified atom stereocenters. The SMILES string of the molecule is CCOc1ccc(C(COC)NC(=O)N2CCC(C(=O)O)CC2)cc1. The minimum absolute atomic E-state index is 0.195. The molecule has 0 aromatic heterocycles. The van der Waals surface area contributed by atoms with Crippen molar-refractivity contribution in [3.8, 4) is 5.75 Å². The summed E-state index contributed by atoms with van der Waals surface area (Å²) in [6, 6.07) is 7.08. The number of urea groups is 1. The largest absolute Gasteiger partial charge is 0.494 e. The van der Waals surface area contributed by atoms with Gasteiger partial charge in [-0.25, -0.2) is 4.79 Å². The Balaban J connectivity index is 1.96. The Hall–Kier alpha value is -2.28. The molecule has 1 heterocycles. The van der Waals surface area contributed by atoms with Crippen LogP contribution < -0.4 is 10.1 Å². The second-order valence-electron chi connectivity index (χ2n) is 6.06. The van der Waals surface area contributed by atoms with Gasteiger partial charge in [0.15, 0.2) is 0 Å². The lowest BCUT2D eigenvalue weighted by atomic mass is 9.97. The van der Waals surface area contributed by atoms with Crippen molar-refractivity contribution in [1.82, 2.24) is 10.2 Å². The highest BCUT2D eigenvalue weighted by Gasteiger charge is 2.28. The minimum atomic E-state index is -0.785. The molecule has 2 amide bonds. The van der Waals surface area contributed by atoms with E-state index in [0.29, 0.717) is 39.1 Å². The van der Waals surface area contributed by atoms with E-state index in [9.17, 15) is 9.59 Å². The highest BCUT2D eigenvalue weighted by molar-refractivity contribution is 5.76. The van der Waals surface area contributed by atoms with E-state index in [1.807, 2.05) is 31.2 Å². The van der Waals surface area contributed by atoms with Gasteiger partial charge >= 0.3 is 12.0 Å². The third-order valence-corrected chi connectivity index (χ3v) is 4.36. The number of aliphatic carboxylic acids is 1. The lowest BCUT2D eigenvalue weighted by Crippen LogP contribution is -2.47. The molecule has 1 aromatic carbocycles. The number of nitrogens with one attached hydrogen (secondary N) is 1. The predicted octanol–water partition coefficient (Wildman–Crippen LogP) is 2.28. The van der Waals surface area contributed by atoms with Crippen LogP contribution in [0.2, 0.25) is 0 Å². The monoisotopic (exact) mass is 350 g/mol. The van der Waals surface area contributed by atoms with Gasteiger partial charge < -0.3 is 24.8 Å². The normalized spacial score (nSPS) is 16.3. The number of likely N-dealkylation sites (tertiary alicyclic amines) is 1. The molecule has 0 aliphatic carbocycles. The van der Waals surface area contributed by atoms with Gasteiger partial charge in [0.2, 0.25) is 0 Å². The molecule has 25 heavy (non-hydrogen) atoms. The quantitative estimate of drug-likeness (QED) is 0.788. The highest BCUT2D eigenvalue weighted by atomic mass is 16.5. The maximum absolute atomic E-state index is 12.5. The van der Waals surface area contributed by atoms with Gasteiger partial charge in [0.25, 0.3) is 0 Å². The number of carbonyl (C=O) groups is 2. The topological polar surface area (TPSA) is 88.1 Å². The number of amides is 2. The Morgan fingerprint density at radius 1 is 1.28 bits per heavy atom. The van der Waals surface area contributed by atoms with E-state index in [1.54, 1.807) is 12.0 Å². The number of hydrogen-bond donors (Lipinski definition) is 2. The fourth-order valence-electron chi connectivity index (χ4n) is 2.92. The van der Waals surface area contributed by atoms with Gasteiger partial charge in [0.05, 0.1) is 25.2 Å². The lowest BCUT2D eigenvalue weighted by molar-refractivity contribution is -0.143. The zero-order chi connectivity index (χ0) is 18.2. The molecule has 138 valence electrons. The molecule has 0 bridgehead atoms. The summed E-state index contributed by atoms with van der Waals surface area (Å²) in [5.74, 6) is -0.360. The molecule has 0 saturated carbocycles. The van der Waals surface area contributed by atoms with Crippen molar-refractivity contribution < 1.29 is 24.2 Å². The van der Waals surface area contributed by atoms with E-state index >= 15 is 0 Å². The third-order valence-electron chi connectivity index (χ3n) is 4.36. The molecule has 2 rings (SSSR count). The van der Waals surface area contributed by atoms with Gasteiger partial charge in [-0.1, -0.05) is 12.1 Å². The number of carbonyl (C=O) groups excluding carboxylic acids is 1. The van der Waals surface area contributed by atoms with Crippen LogP contribution in [0.1, 0.15) is 31.4 Å². The van der Waals surface area contributed by atoms with Crippen LogP contribution in [0.5, 0.6) is 5.75 Å². The molecule has 1 atom stereocenters. The van der Waals surface area contributed by atoms with Crippen molar-refractivity contribution in [2.75, 3.05) is 33.4 Å². The van der Waals surface area contributed by atoms with Crippen LogP contribution in [0.15, 0.2) is 24.3 Å². The number of ether oxygens (including phenoxy) is 2. The molecule has 1 fully saturated rings. The summed E-state index contributed by atoms with van der Waals surface area (Å²) in [6.45, 7) is 3.78. The summed E-state index contributed by atoms with van der Waals surface area (Å²) in [7, 11) is 1.59. The Morgan fingerprint density at radius 2 is 1.92 bits per heavy atom. The van der Waals surface area contributed by atoms with Crippen molar-refractivity contribution >= 4 is 12.0 Å². The summed E-state index contributed by atoms with van der Waals surface area (Å²) in [5.41, 5.74) is 0.930. The van der Waals surface area contributed by atoms with Crippen molar-refractivity contribution in [3.63, 3.8) is 0 Å². The minimum Gasteiger partial charge on any atom is -0.494 e. The van der Waals surface area contributed by atoms with E-state index in [1.165, 1.54) is 0 Å². The molecule has 1 aliphatic heterocycles. The molecular weight excluding hydrogens is 324 g/mol. The zero-order valence-corrected chi connectivity index (χ0v) is 14.7. The predicted molar refractivity (Wildman–Crippen MR) is 92.7 cm³/mol. The van der Waals surface area contributed by atoms with E-state index in [-0.39, 0.29) is 18.0 Å². The average Bonchev–Trinajstić information content (AvgIpc) is 2.62. The number of nitrogens with zero attached hydrogens (tertiary/aromatic N) is 1. The van der Waals surface area contributed by atoms with Gasteiger partial charge in [-0.15, -0.1) is 0 Å². The number of piperidine rings is 1. The first-order valence-electron chi connectivity index (χ1n) is 8.55. The second-order valence-corrected chi connectivity index (χ2v) is 6.06. The Bertz CT molecular complexity index is 567. The van der Waals surface area contributed by atoms with Crippen molar-refractivity contribution in [2.24, 2.45) is 5.92 Å². The van der Waals surface area contributed by atoms with E-state index in [4.69, 9.17) is 14.6 Å². The molecule has 7 nitrogen and oxygen atoms in total. The molecular formula is C18H26N2O5. The first-order chi connectivity index (χ1) is 12.0. The molecule has 2 N–H and O–H groups in total. The van der Waals surface area contributed by atoms with Crippen LogP contribution in [0.25, 0.3) is 0 Å². The van der Waals surface area contributed by atoms with Crippen LogP contribution >= 0.6 is 0 Å². The number of benzene rings is 1. The number of methoxy groups -OCH3 is 1. The van der Waals surface area contributed by atoms with E-state index in [0.717, 1.165) is 11.3 Å². The molecule has 1 saturated heterocycles. The molecule has 1 aromatic rings. The molecule has 1 aliphatic rings. The summed E-state index contributed by atoms with van der Waals surface area (Å²) >= 11 is 0. The standard InChI is InChI=1S/C18H26N2O5/c1-3-25-15-6-4-13(5-7-15)16(12-24-2)19-18(23)20-10-8-14(9-11-20)17(21)22/h4-7,14,16H,3,8-12H2,1-2H3,(H,19,23)(H,21,22). The smallest absolute Gasteiger partial charge is 0.317 e. The molecule has 0 spiro atoms. The molecule has 0 radical (unpaired) electrons. The average molecular weight is 350 g/mol. The Morgan fingerprint density at radius 3 is 2.44 bits per heavy atom. The van der Waals surface area contributed by atoms with Gasteiger partial charge in [-0.2, -0.15) is 0 Å². The zero-order valence-electron chi connectivity index (χ0n) is 14.7. The Labute approximate surface area is 147 Å². The van der Waals surface area contributed by atoms with Crippen molar-refractivity contribution in [3.05, 3.63) is 29.8 Å².